The first kappa shape index (κ1) is 18.6. The van der Waals surface area contributed by atoms with E-state index in [1.165, 1.54) is 7.11 Å². The molecule has 0 bridgehead atoms. The van der Waals surface area contributed by atoms with Crippen LogP contribution in [0.15, 0.2) is 0 Å². The van der Waals surface area contributed by atoms with E-state index in [1.807, 2.05) is 13.8 Å². The molecule has 1 atom stereocenters. The predicted octanol–water partition coefficient (Wildman–Crippen LogP) is 0.722. The average molecular weight is 267 g/mol. The topological polar surface area (TPSA) is 67.4 Å². The number of amides is 1. The van der Waals surface area contributed by atoms with E-state index < -0.39 is 6.04 Å². The Balaban J connectivity index is 0. The first-order valence-corrected chi connectivity index (χ1v) is 5.53. The van der Waals surface area contributed by atoms with E-state index in [4.69, 9.17) is 0 Å². The molecule has 0 aromatic carbocycles. The maximum Gasteiger partial charge on any atom is 0.328 e. The van der Waals surface area contributed by atoms with Crippen molar-refractivity contribution >= 4 is 24.3 Å². The molecule has 0 aromatic heterocycles. The fourth-order valence-corrected chi connectivity index (χ4v) is 1.33. The largest absolute Gasteiger partial charge is 0.467 e. The van der Waals surface area contributed by atoms with Crippen LogP contribution in [0, 0.1) is 5.92 Å². The van der Waals surface area contributed by atoms with E-state index >= 15 is 0 Å². The zero-order valence-corrected chi connectivity index (χ0v) is 11.7. The van der Waals surface area contributed by atoms with Crippen molar-refractivity contribution in [2.24, 2.45) is 5.92 Å². The van der Waals surface area contributed by atoms with Crippen molar-refractivity contribution in [3.63, 3.8) is 0 Å². The van der Waals surface area contributed by atoms with E-state index in [9.17, 15) is 9.59 Å². The molecule has 17 heavy (non-hydrogen) atoms. The van der Waals surface area contributed by atoms with Gasteiger partial charge in [0.1, 0.15) is 6.04 Å². The number of ether oxygens (including phenoxy) is 1. The fourth-order valence-electron chi connectivity index (χ4n) is 1.33. The minimum absolute atomic E-state index is 0. The van der Waals surface area contributed by atoms with Crippen LogP contribution in [0.4, 0.5) is 0 Å². The van der Waals surface area contributed by atoms with Crippen LogP contribution in [-0.4, -0.2) is 38.6 Å². The zero-order valence-electron chi connectivity index (χ0n) is 10.9. The lowest BCUT2D eigenvalue weighted by Crippen LogP contribution is -2.43. The van der Waals surface area contributed by atoms with Crippen LogP contribution in [0.25, 0.3) is 0 Å². The van der Waals surface area contributed by atoms with Crippen molar-refractivity contribution in [2.45, 2.75) is 32.7 Å². The van der Waals surface area contributed by atoms with Gasteiger partial charge in [0.2, 0.25) is 5.91 Å². The first-order valence-electron chi connectivity index (χ1n) is 5.53. The third-order valence-electron chi connectivity index (χ3n) is 2.13. The number of esters is 1. The molecule has 102 valence electrons. The van der Waals surface area contributed by atoms with Crippen LogP contribution >= 0.6 is 12.4 Å². The summed E-state index contributed by atoms with van der Waals surface area (Å²) in [6, 6.07) is -0.533. The van der Waals surface area contributed by atoms with Crippen molar-refractivity contribution in [1.82, 2.24) is 10.6 Å². The second kappa shape index (κ2) is 10.4. The molecule has 6 heteroatoms. The summed E-state index contributed by atoms with van der Waals surface area (Å²) in [6.07, 6.45) is 0.958. The van der Waals surface area contributed by atoms with Gasteiger partial charge in [0, 0.05) is 13.0 Å². The van der Waals surface area contributed by atoms with Crippen molar-refractivity contribution in [3.05, 3.63) is 0 Å². The van der Waals surface area contributed by atoms with E-state index in [1.54, 1.807) is 7.05 Å². The Bertz CT molecular complexity index is 235. The highest BCUT2D eigenvalue weighted by Crippen LogP contribution is 2.06. The third kappa shape index (κ3) is 8.94. The molecule has 0 aliphatic rings. The van der Waals surface area contributed by atoms with Crippen LogP contribution in [0.1, 0.15) is 26.7 Å². The van der Waals surface area contributed by atoms with Gasteiger partial charge in [-0.25, -0.2) is 4.79 Å². The Morgan fingerprint density at radius 3 is 2.29 bits per heavy atom. The van der Waals surface area contributed by atoms with E-state index in [0.717, 1.165) is 0 Å². The molecular formula is C11H23ClN2O3. The molecule has 0 heterocycles. The Morgan fingerprint density at radius 2 is 1.88 bits per heavy atom. The third-order valence-corrected chi connectivity index (χ3v) is 2.13. The predicted molar refractivity (Wildman–Crippen MR) is 69.2 cm³/mol. The number of methoxy groups -OCH3 is 1. The summed E-state index contributed by atoms with van der Waals surface area (Å²) in [5, 5.41) is 5.56. The minimum Gasteiger partial charge on any atom is -0.467 e. The molecule has 0 saturated heterocycles. The van der Waals surface area contributed by atoms with Gasteiger partial charge in [-0.3, -0.25) is 4.79 Å². The Labute approximate surface area is 109 Å². The van der Waals surface area contributed by atoms with Gasteiger partial charge in [0.25, 0.3) is 0 Å². The number of hydrogen-bond donors (Lipinski definition) is 2. The molecule has 0 aliphatic carbocycles. The zero-order chi connectivity index (χ0) is 12.6. The molecule has 0 aliphatic heterocycles. The maximum atomic E-state index is 11.5. The van der Waals surface area contributed by atoms with Gasteiger partial charge < -0.3 is 15.4 Å². The van der Waals surface area contributed by atoms with Gasteiger partial charge >= 0.3 is 5.97 Å². The highest BCUT2D eigenvalue weighted by atomic mass is 35.5. The minimum atomic E-state index is -0.533. The number of halogens is 1. The summed E-state index contributed by atoms with van der Waals surface area (Å²) in [7, 11) is 3.11. The molecule has 2 N–H and O–H groups in total. The number of nitrogens with one attached hydrogen (secondary N) is 2. The average Bonchev–Trinajstić information content (AvgIpc) is 2.23. The van der Waals surface area contributed by atoms with Gasteiger partial charge in [0.05, 0.1) is 7.11 Å². The number of carbonyl (C=O) groups is 2. The lowest BCUT2D eigenvalue weighted by atomic mass is 10.0. The first-order chi connectivity index (χ1) is 7.51. The van der Waals surface area contributed by atoms with Gasteiger partial charge in [-0.05, 0) is 19.4 Å². The van der Waals surface area contributed by atoms with Crippen molar-refractivity contribution in [2.75, 3.05) is 20.7 Å². The van der Waals surface area contributed by atoms with Crippen molar-refractivity contribution in [1.29, 1.82) is 0 Å². The van der Waals surface area contributed by atoms with Crippen LogP contribution < -0.4 is 10.6 Å². The van der Waals surface area contributed by atoms with E-state index in [2.05, 4.69) is 15.4 Å². The monoisotopic (exact) mass is 266 g/mol. The Kier molecular flexibility index (Phi) is 11.3. The molecule has 1 amide bonds. The molecule has 0 rings (SSSR count). The summed E-state index contributed by atoms with van der Waals surface area (Å²) in [4.78, 5) is 22.9. The van der Waals surface area contributed by atoms with Gasteiger partial charge in [0.15, 0.2) is 0 Å². The smallest absolute Gasteiger partial charge is 0.328 e. The highest BCUT2D eigenvalue weighted by Gasteiger charge is 2.21. The van der Waals surface area contributed by atoms with Crippen LogP contribution in [0.2, 0.25) is 0 Å². The maximum absolute atomic E-state index is 11.5. The lowest BCUT2D eigenvalue weighted by Gasteiger charge is -2.18. The number of rotatable bonds is 7. The van der Waals surface area contributed by atoms with Crippen molar-refractivity contribution < 1.29 is 14.3 Å². The van der Waals surface area contributed by atoms with E-state index in [-0.39, 0.29) is 24.3 Å². The van der Waals surface area contributed by atoms with Crippen LogP contribution in [0.5, 0.6) is 0 Å². The second-order valence-electron chi connectivity index (χ2n) is 4.13. The van der Waals surface area contributed by atoms with Crippen LogP contribution in [0.3, 0.4) is 0 Å². The standard InChI is InChI=1S/C11H22N2O3.ClH/c1-8(2)7-9(11(15)16-4)13-10(14)5-6-12-3;/h8-9,12H,5-7H2,1-4H3,(H,13,14);1H. The molecule has 0 spiro atoms. The SMILES string of the molecule is CNCCC(=O)NC(CC(C)C)C(=O)OC.Cl. The molecular weight excluding hydrogens is 244 g/mol. The Morgan fingerprint density at radius 1 is 1.29 bits per heavy atom. The summed E-state index contributed by atoms with van der Waals surface area (Å²) < 4.78 is 4.65. The lowest BCUT2D eigenvalue weighted by molar-refractivity contribution is -0.145. The number of carbonyl (C=O) groups excluding carboxylic acids is 2. The Hall–Kier alpha value is -0.810. The number of hydrogen-bond acceptors (Lipinski definition) is 4. The summed E-state index contributed by atoms with van der Waals surface area (Å²) in [5.41, 5.74) is 0. The fraction of sp³-hybridized carbons (Fsp3) is 0.818. The molecule has 0 aromatic rings. The molecule has 5 nitrogen and oxygen atoms in total. The molecule has 0 fully saturated rings. The van der Waals surface area contributed by atoms with Crippen LogP contribution in [-0.2, 0) is 14.3 Å². The molecule has 1 unspecified atom stereocenters. The second-order valence-corrected chi connectivity index (χ2v) is 4.13. The summed E-state index contributed by atoms with van der Waals surface area (Å²) >= 11 is 0. The molecule has 0 saturated carbocycles. The summed E-state index contributed by atoms with van der Waals surface area (Å²) in [5.74, 6) is -0.189. The molecule has 0 radical (unpaired) electrons. The van der Waals surface area contributed by atoms with Gasteiger partial charge in [-0.1, -0.05) is 13.8 Å². The summed E-state index contributed by atoms with van der Waals surface area (Å²) in [6.45, 7) is 4.59. The van der Waals surface area contributed by atoms with E-state index in [0.29, 0.717) is 25.3 Å². The quantitative estimate of drug-likeness (QED) is 0.667. The van der Waals surface area contributed by atoms with Crippen molar-refractivity contribution in [3.8, 4) is 0 Å². The van der Waals surface area contributed by atoms with Gasteiger partial charge in [-0.2, -0.15) is 0 Å². The highest BCUT2D eigenvalue weighted by molar-refractivity contribution is 5.85. The normalized spacial score (nSPS) is 11.6. The van der Waals surface area contributed by atoms with Gasteiger partial charge in [-0.15, -0.1) is 12.4 Å².